The van der Waals surface area contributed by atoms with Gasteiger partial charge in [-0.15, -0.1) is 0 Å². The Hall–Kier alpha value is -7.26. The first kappa shape index (κ1) is 56.0. The summed E-state index contributed by atoms with van der Waals surface area (Å²) in [5.41, 5.74) is 10.4. The van der Waals surface area contributed by atoms with Gasteiger partial charge in [-0.25, -0.2) is 4.99 Å². The van der Waals surface area contributed by atoms with E-state index in [9.17, 15) is 24.0 Å². The maximum atomic E-state index is 13.8. The molecule has 0 bridgehead atoms. The summed E-state index contributed by atoms with van der Waals surface area (Å²) in [6.45, 7) is 5.91. The van der Waals surface area contributed by atoms with Crippen LogP contribution in [0.4, 0.5) is 11.4 Å². The molecule has 0 radical (unpaired) electrons. The molecule has 5 amide bonds. The molecule has 20 heteroatoms. The first-order valence-electron chi connectivity index (χ1n) is 27.0. The minimum Gasteiger partial charge on any atom is -0.494 e. The molecule has 1 aromatic heterocycles. The molecule has 0 saturated carbocycles. The van der Waals surface area contributed by atoms with Crippen LogP contribution in [0.5, 0.6) is 11.5 Å². The third-order valence-corrected chi connectivity index (χ3v) is 14.2. The highest BCUT2D eigenvalue weighted by Gasteiger charge is 2.40. The molecule has 2 fully saturated rings. The number of imide groups is 1. The summed E-state index contributed by atoms with van der Waals surface area (Å²) in [5, 5.41) is 24.0. The zero-order valence-electron chi connectivity index (χ0n) is 43.7. The Morgan fingerprint density at radius 3 is 2.29 bits per heavy atom. The fraction of sp³-hybridized carbons (Fsp3) is 0.474. The van der Waals surface area contributed by atoms with Crippen molar-refractivity contribution in [2.24, 2.45) is 10.7 Å². The highest BCUT2D eigenvalue weighted by Crippen LogP contribution is 2.36. The minimum atomic E-state index is -0.710. The molecule has 4 aliphatic heterocycles. The van der Waals surface area contributed by atoms with E-state index in [0.29, 0.717) is 119 Å². The highest BCUT2D eigenvalue weighted by molar-refractivity contribution is 6.08. The van der Waals surface area contributed by atoms with Gasteiger partial charge in [0.2, 0.25) is 17.7 Å². The van der Waals surface area contributed by atoms with E-state index in [-0.39, 0.29) is 54.9 Å². The van der Waals surface area contributed by atoms with E-state index in [1.54, 1.807) is 48.8 Å². The van der Waals surface area contributed by atoms with Gasteiger partial charge in [0, 0.05) is 90.6 Å². The van der Waals surface area contributed by atoms with Crippen molar-refractivity contribution in [3.8, 4) is 11.5 Å². The van der Waals surface area contributed by atoms with E-state index in [1.807, 2.05) is 36.4 Å². The Balaban J connectivity index is 0.641. The molecule has 4 aromatic rings. The van der Waals surface area contributed by atoms with Crippen LogP contribution >= 0.6 is 0 Å². The maximum Gasteiger partial charge on any atom is 0.255 e. The van der Waals surface area contributed by atoms with E-state index in [2.05, 4.69) is 36.6 Å². The quantitative estimate of drug-likeness (QED) is 0.0145. The molecule has 0 aliphatic carbocycles. The monoisotopic (exact) mass is 1060 g/mol. The van der Waals surface area contributed by atoms with Gasteiger partial charge in [-0.05, 0) is 125 Å². The second-order valence-electron chi connectivity index (χ2n) is 19.7. The third-order valence-electron chi connectivity index (χ3n) is 14.2. The number of ether oxygens (including phenoxy) is 5. The average Bonchev–Trinajstić information content (AvgIpc) is 3.83. The molecule has 2 unspecified atom stereocenters. The van der Waals surface area contributed by atoms with Crippen molar-refractivity contribution >= 4 is 52.6 Å². The number of amides is 5. The predicted molar refractivity (Wildman–Crippen MR) is 290 cm³/mol. The second-order valence-corrected chi connectivity index (χ2v) is 19.7. The Morgan fingerprint density at radius 1 is 0.818 bits per heavy atom. The van der Waals surface area contributed by atoms with Gasteiger partial charge in [0.15, 0.2) is 5.84 Å². The number of aliphatic imine (C=N–C) groups is 1. The van der Waals surface area contributed by atoms with Crippen LogP contribution in [0.3, 0.4) is 0 Å². The van der Waals surface area contributed by atoms with E-state index < -0.39 is 17.5 Å². The van der Waals surface area contributed by atoms with Gasteiger partial charge in [0.05, 0.1) is 51.2 Å². The second kappa shape index (κ2) is 28.2. The van der Waals surface area contributed by atoms with Crippen molar-refractivity contribution in [1.29, 1.82) is 5.41 Å². The number of hydrogen-bond donors (Lipinski definition) is 7. The number of carbonyl (C=O) groups is 5. The van der Waals surface area contributed by atoms with Crippen molar-refractivity contribution in [3.05, 3.63) is 113 Å². The normalized spacial score (nSPS) is 17.9. The van der Waals surface area contributed by atoms with Crippen molar-refractivity contribution in [3.63, 3.8) is 0 Å². The number of hydrogen-bond acceptors (Lipinski definition) is 14. The Bertz CT molecular complexity index is 2720. The molecule has 2 atom stereocenters. The van der Waals surface area contributed by atoms with Crippen LogP contribution in [0.15, 0.2) is 90.2 Å². The van der Waals surface area contributed by atoms with Gasteiger partial charge in [0.25, 0.3) is 11.8 Å². The van der Waals surface area contributed by atoms with Crippen molar-refractivity contribution in [2.75, 3.05) is 76.6 Å². The summed E-state index contributed by atoms with van der Waals surface area (Å²) in [7, 11) is 0. The number of amidine groups is 2. The van der Waals surface area contributed by atoms with E-state index in [4.69, 9.17) is 34.8 Å². The molecule has 3 aromatic carbocycles. The van der Waals surface area contributed by atoms with Crippen LogP contribution in [0.25, 0.3) is 0 Å². The fourth-order valence-corrected chi connectivity index (χ4v) is 9.94. The predicted octanol–water partition coefficient (Wildman–Crippen LogP) is 6.20. The summed E-state index contributed by atoms with van der Waals surface area (Å²) in [4.78, 5) is 73.6. The standard InChI is InChI=1S/C57H72N10O10/c58-52(39-19-24-60-25-20-39)65-56(59)57(22-26-61-27-23-57)66-41-11-8-10-40(36-41)53(70)63-47-21-31-77-49-17-15-42(37-44(47)49)76-30-7-2-1-5-28-73-32-34-75-35-33-74-29-6-3-4-14-50(68)62-46-13-9-12-43-45(46)38-67(55(43)72)48-16-18-51(69)64-54(48)71/h8-13,15,17,19-20,24-25,36-37,47-48,61,66H,1-7,14,16,18,21-23,26-35,38H2,(H,62,68)(H,63,70)(H3,58,59,65)(H,64,69,71). The van der Waals surface area contributed by atoms with Crippen LogP contribution in [0.2, 0.25) is 0 Å². The van der Waals surface area contributed by atoms with Gasteiger partial charge in [-0.2, -0.15) is 0 Å². The molecule has 0 spiro atoms. The Kier molecular flexibility index (Phi) is 20.5. The largest absolute Gasteiger partial charge is 0.494 e. The number of nitrogens with zero attached hydrogens (tertiary/aromatic N) is 3. The van der Waals surface area contributed by atoms with Crippen LogP contribution < -0.4 is 41.8 Å². The van der Waals surface area contributed by atoms with Gasteiger partial charge in [-0.1, -0.05) is 25.0 Å². The lowest BCUT2D eigenvalue weighted by Crippen LogP contribution is -2.56. The number of rotatable bonds is 28. The lowest BCUT2D eigenvalue weighted by Gasteiger charge is -2.38. The molecule has 8 N–H and O–H groups in total. The van der Waals surface area contributed by atoms with Crippen molar-refractivity contribution in [2.45, 2.75) is 108 Å². The first-order valence-corrected chi connectivity index (χ1v) is 27.0. The zero-order chi connectivity index (χ0) is 53.8. The molecule has 8 rings (SSSR count). The lowest BCUT2D eigenvalue weighted by molar-refractivity contribution is -0.137. The maximum absolute atomic E-state index is 13.8. The number of anilines is 2. The summed E-state index contributed by atoms with van der Waals surface area (Å²) >= 11 is 0. The van der Waals surface area contributed by atoms with E-state index >= 15 is 0 Å². The summed E-state index contributed by atoms with van der Waals surface area (Å²) in [6.07, 6.45) is 12.2. The number of benzene rings is 3. The number of carbonyl (C=O) groups excluding carboxylic acids is 5. The third kappa shape index (κ3) is 15.7. The van der Waals surface area contributed by atoms with Crippen LogP contribution in [0.1, 0.15) is 127 Å². The van der Waals surface area contributed by atoms with E-state index in [0.717, 1.165) is 74.4 Å². The molecule has 5 heterocycles. The molecular formula is C57H72N10O10. The zero-order valence-corrected chi connectivity index (χ0v) is 43.7. The number of piperidine rings is 2. The molecule has 410 valence electrons. The number of fused-ring (bicyclic) bond motifs is 2. The molecule has 77 heavy (non-hydrogen) atoms. The summed E-state index contributed by atoms with van der Waals surface area (Å²) in [6, 6.07) is 20.8. The number of pyridine rings is 1. The number of aromatic nitrogens is 1. The minimum absolute atomic E-state index is 0.0619. The number of nitrogens with two attached hydrogens (primary N) is 1. The summed E-state index contributed by atoms with van der Waals surface area (Å²) in [5.74, 6) is 0.417. The van der Waals surface area contributed by atoms with Crippen molar-refractivity contribution < 1.29 is 47.7 Å². The van der Waals surface area contributed by atoms with Gasteiger partial charge >= 0.3 is 0 Å². The highest BCUT2D eigenvalue weighted by atomic mass is 16.5. The van der Waals surface area contributed by atoms with E-state index in [1.165, 1.54) is 4.90 Å². The van der Waals surface area contributed by atoms with Gasteiger partial charge in [0.1, 0.15) is 23.4 Å². The fourth-order valence-electron chi connectivity index (χ4n) is 9.94. The molecular weight excluding hydrogens is 985 g/mol. The average molecular weight is 1060 g/mol. The topological polar surface area (TPSA) is 270 Å². The Labute approximate surface area is 449 Å². The lowest BCUT2D eigenvalue weighted by atomic mass is 9.86. The molecule has 2 saturated heterocycles. The number of unbranched alkanes of at least 4 members (excludes halogenated alkanes) is 5. The van der Waals surface area contributed by atoms with Crippen LogP contribution in [-0.4, -0.2) is 129 Å². The van der Waals surface area contributed by atoms with Gasteiger partial charge in [-0.3, -0.25) is 39.7 Å². The van der Waals surface area contributed by atoms with Crippen molar-refractivity contribution in [1.82, 2.24) is 25.8 Å². The SMILES string of the molecule is N=C(N=C(N)C1(Nc2cccc(C(=O)NC3CCOc4ccc(OCCCCCCOCCOCCOCCCCCC(=O)Nc5cccc6c5CN(C5CCC(=O)NC5=O)C6=O)cc43)c2)CCNCC1)c1ccncc1. The van der Waals surface area contributed by atoms with Gasteiger partial charge < -0.3 is 55.6 Å². The molecule has 4 aliphatic rings. The first-order chi connectivity index (χ1) is 37.6. The number of nitrogens with one attached hydrogen (secondary N) is 6. The summed E-state index contributed by atoms with van der Waals surface area (Å²) < 4.78 is 29.2. The molecule has 20 nitrogen and oxygen atoms in total. The van der Waals surface area contributed by atoms with Crippen LogP contribution in [0, 0.1) is 5.41 Å². The Morgan fingerprint density at radius 2 is 1.53 bits per heavy atom. The van der Waals surface area contributed by atoms with Crippen LogP contribution in [-0.2, 0) is 35.1 Å². The smallest absolute Gasteiger partial charge is 0.255 e.